The van der Waals surface area contributed by atoms with Crippen molar-refractivity contribution in [2.45, 2.75) is 18.9 Å². The number of aromatic hydroxyl groups is 2. The maximum atomic E-state index is 12.2. The Labute approximate surface area is 99.5 Å². The Kier molecular flexibility index (Phi) is 3.19. The lowest BCUT2D eigenvalue weighted by Crippen LogP contribution is -2.37. The largest absolute Gasteiger partial charge is 0.504 e. The van der Waals surface area contributed by atoms with Gasteiger partial charge in [-0.2, -0.15) is 0 Å². The van der Waals surface area contributed by atoms with E-state index >= 15 is 0 Å². The van der Waals surface area contributed by atoms with Gasteiger partial charge in [0.15, 0.2) is 11.5 Å². The molecule has 0 aromatic heterocycles. The van der Waals surface area contributed by atoms with Gasteiger partial charge in [0.2, 0.25) is 0 Å². The van der Waals surface area contributed by atoms with Crippen LogP contribution in [-0.4, -0.2) is 40.2 Å². The van der Waals surface area contributed by atoms with Gasteiger partial charge < -0.3 is 20.8 Å². The van der Waals surface area contributed by atoms with E-state index in [9.17, 15) is 15.0 Å². The molecule has 1 aromatic carbocycles. The van der Waals surface area contributed by atoms with Crippen molar-refractivity contribution in [1.29, 1.82) is 0 Å². The molecule has 2 rings (SSSR count). The summed E-state index contributed by atoms with van der Waals surface area (Å²) >= 11 is 0. The molecule has 1 aromatic rings. The van der Waals surface area contributed by atoms with Gasteiger partial charge in [0.25, 0.3) is 5.91 Å². The Morgan fingerprint density at radius 3 is 2.71 bits per heavy atom. The maximum absolute atomic E-state index is 12.2. The van der Waals surface area contributed by atoms with E-state index in [-0.39, 0.29) is 29.0 Å². The van der Waals surface area contributed by atoms with Gasteiger partial charge in [0.05, 0.1) is 5.56 Å². The zero-order valence-electron chi connectivity index (χ0n) is 9.47. The first-order chi connectivity index (χ1) is 8.15. The number of hydrogen-bond donors (Lipinski definition) is 3. The van der Waals surface area contributed by atoms with Crippen LogP contribution in [0.4, 0.5) is 0 Å². The Hall–Kier alpha value is -1.75. The summed E-state index contributed by atoms with van der Waals surface area (Å²) < 4.78 is 0. The lowest BCUT2D eigenvalue weighted by molar-refractivity contribution is 0.0744. The number of nitrogens with two attached hydrogens (primary N) is 1. The summed E-state index contributed by atoms with van der Waals surface area (Å²) in [7, 11) is 0. The molecule has 5 nitrogen and oxygen atoms in total. The molecular formula is C12H16N2O3. The van der Waals surface area contributed by atoms with Crippen LogP contribution in [0, 0.1) is 0 Å². The fourth-order valence-corrected chi connectivity index (χ4v) is 1.83. The van der Waals surface area contributed by atoms with Crippen LogP contribution in [0.2, 0.25) is 0 Å². The molecule has 0 atom stereocenters. The standard InChI is InChI=1S/C12H16N2O3/c13-6-7-14(8-4-5-8)12(17)9-2-1-3-10(15)11(9)16/h1-3,8,15-16H,4-7,13H2. The van der Waals surface area contributed by atoms with Gasteiger partial charge in [0, 0.05) is 19.1 Å². The highest BCUT2D eigenvalue weighted by molar-refractivity contribution is 5.98. The van der Waals surface area contributed by atoms with Crippen molar-refractivity contribution >= 4 is 5.91 Å². The molecule has 0 spiro atoms. The van der Waals surface area contributed by atoms with Gasteiger partial charge in [-0.05, 0) is 25.0 Å². The molecule has 1 aliphatic rings. The molecule has 0 radical (unpaired) electrons. The molecule has 0 bridgehead atoms. The van der Waals surface area contributed by atoms with Gasteiger partial charge in [-0.1, -0.05) is 6.07 Å². The normalized spacial score (nSPS) is 14.6. The smallest absolute Gasteiger partial charge is 0.258 e. The number of carbonyl (C=O) groups is 1. The van der Waals surface area contributed by atoms with Gasteiger partial charge in [-0.3, -0.25) is 4.79 Å². The Morgan fingerprint density at radius 2 is 2.12 bits per heavy atom. The van der Waals surface area contributed by atoms with Gasteiger partial charge in [-0.15, -0.1) is 0 Å². The molecule has 17 heavy (non-hydrogen) atoms. The van der Waals surface area contributed by atoms with Crippen molar-refractivity contribution in [1.82, 2.24) is 4.90 Å². The number of para-hydroxylation sites is 1. The second-order valence-electron chi connectivity index (χ2n) is 4.19. The van der Waals surface area contributed by atoms with E-state index in [1.807, 2.05) is 0 Å². The van der Waals surface area contributed by atoms with Crippen molar-refractivity contribution in [3.8, 4) is 11.5 Å². The SMILES string of the molecule is NCCN(C(=O)c1cccc(O)c1O)C1CC1. The van der Waals surface area contributed by atoms with Crippen molar-refractivity contribution in [2.75, 3.05) is 13.1 Å². The van der Waals surface area contributed by atoms with E-state index in [0.717, 1.165) is 12.8 Å². The minimum Gasteiger partial charge on any atom is -0.504 e. The molecule has 5 heteroatoms. The third kappa shape index (κ3) is 2.34. The average molecular weight is 236 g/mol. The second-order valence-corrected chi connectivity index (χ2v) is 4.19. The quantitative estimate of drug-likeness (QED) is 0.670. The number of nitrogens with zero attached hydrogens (tertiary/aromatic N) is 1. The molecule has 0 heterocycles. The third-order valence-electron chi connectivity index (χ3n) is 2.86. The van der Waals surface area contributed by atoms with Crippen LogP contribution in [0.5, 0.6) is 11.5 Å². The van der Waals surface area contributed by atoms with Crippen LogP contribution in [0.3, 0.4) is 0 Å². The van der Waals surface area contributed by atoms with Gasteiger partial charge in [-0.25, -0.2) is 0 Å². The minimum absolute atomic E-state index is 0.130. The van der Waals surface area contributed by atoms with E-state index in [0.29, 0.717) is 13.1 Å². The van der Waals surface area contributed by atoms with E-state index in [4.69, 9.17) is 5.73 Å². The third-order valence-corrected chi connectivity index (χ3v) is 2.86. The first kappa shape index (κ1) is 11.7. The average Bonchev–Trinajstić information content (AvgIpc) is 3.13. The van der Waals surface area contributed by atoms with E-state index < -0.39 is 0 Å². The fraction of sp³-hybridized carbons (Fsp3) is 0.417. The highest BCUT2D eigenvalue weighted by Gasteiger charge is 2.33. The highest BCUT2D eigenvalue weighted by Crippen LogP contribution is 2.33. The summed E-state index contributed by atoms with van der Waals surface area (Å²) in [5.41, 5.74) is 5.60. The predicted molar refractivity (Wildman–Crippen MR) is 62.9 cm³/mol. The van der Waals surface area contributed by atoms with Crippen molar-refractivity contribution in [3.05, 3.63) is 23.8 Å². The van der Waals surface area contributed by atoms with Crippen LogP contribution < -0.4 is 5.73 Å². The lowest BCUT2D eigenvalue weighted by Gasteiger charge is -2.22. The molecule has 1 saturated carbocycles. The number of rotatable bonds is 4. The molecule has 1 aliphatic carbocycles. The molecular weight excluding hydrogens is 220 g/mol. The van der Waals surface area contributed by atoms with Crippen molar-refractivity contribution in [2.24, 2.45) is 5.73 Å². The number of phenols is 2. The van der Waals surface area contributed by atoms with Crippen molar-refractivity contribution < 1.29 is 15.0 Å². The summed E-state index contributed by atoms with van der Waals surface area (Å²) in [5, 5.41) is 19.0. The summed E-state index contributed by atoms with van der Waals surface area (Å²) in [4.78, 5) is 13.8. The fourth-order valence-electron chi connectivity index (χ4n) is 1.83. The van der Waals surface area contributed by atoms with Crippen LogP contribution in [0.15, 0.2) is 18.2 Å². The summed E-state index contributed by atoms with van der Waals surface area (Å²) in [6.45, 7) is 0.862. The molecule has 92 valence electrons. The molecule has 0 aliphatic heterocycles. The Morgan fingerprint density at radius 1 is 1.41 bits per heavy atom. The highest BCUT2D eigenvalue weighted by atomic mass is 16.3. The van der Waals surface area contributed by atoms with Gasteiger partial charge >= 0.3 is 0 Å². The molecule has 1 amide bonds. The van der Waals surface area contributed by atoms with Crippen LogP contribution in [-0.2, 0) is 0 Å². The van der Waals surface area contributed by atoms with E-state index in [1.165, 1.54) is 18.2 Å². The van der Waals surface area contributed by atoms with Gasteiger partial charge in [0.1, 0.15) is 0 Å². The zero-order chi connectivity index (χ0) is 12.4. The maximum Gasteiger partial charge on any atom is 0.258 e. The molecule has 1 fully saturated rings. The first-order valence-corrected chi connectivity index (χ1v) is 5.67. The zero-order valence-corrected chi connectivity index (χ0v) is 9.47. The summed E-state index contributed by atoms with van der Waals surface area (Å²) in [6.07, 6.45) is 1.95. The molecule has 4 N–H and O–H groups in total. The van der Waals surface area contributed by atoms with Crippen LogP contribution in [0.1, 0.15) is 23.2 Å². The number of phenolic OH excluding ortho intramolecular Hbond substituents is 2. The van der Waals surface area contributed by atoms with Crippen molar-refractivity contribution in [3.63, 3.8) is 0 Å². The minimum atomic E-state index is -0.361. The Balaban J connectivity index is 2.25. The summed E-state index contributed by atoms with van der Waals surface area (Å²) in [5.74, 6) is -0.911. The Bertz CT molecular complexity index is 430. The van der Waals surface area contributed by atoms with E-state index in [2.05, 4.69) is 0 Å². The number of carbonyl (C=O) groups excluding carboxylic acids is 1. The monoisotopic (exact) mass is 236 g/mol. The lowest BCUT2D eigenvalue weighted by atomic mass is 10.1. The number of amides is 1. The first-order valence-electron chi connectivity index (χ1n) is 5.67. The van der Waals surface area contributed by atoms with Crippen LogP contribution >= 0.6 is 0 Å². The molecule has 0 unspecified atom stereocenters. The van der Waals surface area contributed by atoms with E-state index in [1.54, 1.807) is 4.90 Å². The number of benzene rings is 1. The topological polar surface area (TPSA) is 86.8 Å². The predicted octanol–water partition coefficient (Wildman–Crippen LogP) is 0.661. The van der Waals surface area contributed by atoms with Crippen LogP contribution in [0.25, 0.3) is 0 Å². The summed E-state index contributed by atoms with van der Waals surface area (Å²) in [6, 6.07) is 4.61. The second kappa shape index (κ2) is 4.63. The number of hydrogen-bond acceptors (Lipinski definition) is 4. The molecule has 0 saturated heterocycles.